The number of rotatable bonds is 2. The first-order valence-electron chi connectivity index (χ1n) is 8.17. The molecule has 122 valence electrons. The van der Waals surface area contributed by atoms with E-state index in [2.05, 4.69) is 27.0 Å². The first-order chi connectivity index (χ1) is 10.2. The van der Waals surface area contributed by atoms with Crippen LogP contribution in [0.25, 0.3) is 0 Å². The molecule has 2 atom stereocenters. The van der Waals surface area contributed by atoms with Crippen LogP contribution in [-0.2, 0) is 11.3 Å². The predicted molar refractivity (Wildman–Crippen MR) is 85.0 cm³/mol. The molecule has 0 unspecified atom stereocenters. The Kier molecular flexibility index (Phi) is 4.41. The monoisotopic (exact) mass is 325 g/mol. The Labute approximate surface area is 137 Å². The van der Waals surface area contributed by atoms with Crippen LogP contribution in [0.5, 0.6) is 0 Å². The van der Waals surface area contributed by atoms with Gasteiger partial charge in [0.05, 0.1) is 18.5 Å². The summed E-state index contributed by atoms with van der Waals surface area (Å²) in [7, 11) is 0. The molecule has 1 aromatic heterocycles. The fourth-order valence-electron chi connectivity index (χ4n) is 3.67. The Morgan fingerprint density at radius 3 is 2.77 bits per heavy atom. The van der Waals surface area contributed by atoms with Crippen LogP contribution in [0.4, 0.5) is 0 Å². The lowest BCUT2D eigenvalue weighted by Gasteiger charge is -2.35. The molecule has 7 heteroatoms. The zero-order valence-electron chi connectivity index (χ0n) is 13.0. The summed E-state index contributed by atoms with van der Waals surface area (Å²) in [5.74, 6) is 3.15. The second-order valence-corrected chi connectivity index (χ2v) is 6.73. The summed E-state index contributed by atoms with van der Waals surface area (Å²) in [6.45, 7) is 5.46. The van der Waals surface area contributed by atoms with Crippen LogP contribution < -0.4 is 5.32 Å². The van der Waals surface area contributed by atoms with E-state index in [0.29, 0.717) is 18.5 Å². The average Bonchev–Trinajstić information content (AvgIpc) is 3.27. The molecule has 1 aliphatic carbocycles. The maximum atomic E-state index is 12.7. The Morgan fingerprint density at radius 1 is 1.27 bits per heavy atom. The SMILES string of the molecule is C[C@H]1CN(C(=O)[C@H]2CCCNC2)Cc2nnc(C3CC3)n21.Cl. The van der Waals surface area contributed by atoms with Crippen molar-refractivity contribution in [2.75, 3.05) is 19.6 Å². The largest absolute Gasteiger partial charge is 0.333 e. The number of fused-ring (bicyclic) bond motifs is 1. The number of aromatic nitrogens is 3. The van der Waals surface area contributed by atoms with Gasteiger partial charge in [-0.15, -0.1) is 22.6 Å². The number of carbonyl (C=O) groups is 1. The number of halogens is 1. The summed E-state index contributed by atoms with van der Waals surface area (Å²) >= 11 is 0. The zero-order valence-corrected chi connectivity index (χ0v) is 13.8. The van der Waals surface area contributed by atoms with Gasteiger partial charge in [-0.2, -0.15) is 0 Å². The molecule has 6 nitrogen and oxygen atoms in total. The van der Waals surface area contributed by atoms with Crippen molar-refractivity contribution in [3.63, 3.8) is 0 Å². The van der Waals surface area contributed by atoms with E-state index in [1.54, 1.807) is 0 Å². The molecular weight excluding hydrogens is 302 g/mol. The summed E-state index contributed by atoms with van der Waals surface area (Å²) in [5.41, 5.74) is 0. The summed E-state index contributed by atoms with van der Waals surface area (Å²) < 4.78 is 2.28. The smallest absolute Gasteiger partial charge is 0.227 e. The van der Waals surface area contributed by atoms with Crippen molar-refractivity contribution < 1.29 is 4.79 Å². The topological polar surface area (TPSA) is 63.1 Å². The standard InChI is InChI=1S/C15H23N5O.ClH/c1-10-8-19(15(21)12-3-2-6-16-7-12)9-13-17-18-14(20(10)13)11-4-5-11;/h10-12,16H,2-9H2,1H3;1H/t10-,12-;/m0./s1. The fourth-order valence-corrected chi connectivity index (χ4v) is 3.67. The van der Waals surface area contributed by atoms with E-state index in [9.17, 15) is 4.79 Å². The Balaban J connectivity index is 0.00000144. The van der Waals surface area contributed by atoms with Crippen molar-refractivity contribution in [2.45, 2.75) is 51.1 Å². The first-order valence-corrected chi connectivity index (χ1v) is 8.17. The molecule has 1 saturated carbocycles. The summed E-state index contributed by atoms with van der Waals surface area (Å²) in [5, 5.41) is 12.1. The molecule has 3 aliphatic rings. The molecule has 4 rings (SSSR count). The highest BCUT2D eigenvalue weighted by Gasteiger charge is 2.36. The van der Waals surface area contributed by atoms with E-state index < -0.39 is 0 Å². The molecule has 2 aliphatic heterocycles. The van der Waals surface area contributed by atoms with Gasteiger partial charge in [-0.05, 0) is 39.2 Å². The fraction of sp³-hybridized carbons (Fsp3) is 0.800. The van der Waals surface area contributed by atoms with Crippen LogP contribution in [0.3, 0.4) is 0 Å². The van der Waals surface area contributed by atoms with Crippen LogP contribution in [0, 0.1) is 5.92 Å². The summed E-state index contributed by atoms with van der Waals surface area (Å²) in [6, 6.07) is 0.292. The molecule has 3 heterocycles. The maximum Gasteiger partial charge on any atom is 0.227 e. The van der Waals surface area contributed by atoms with Crippen molar-refractivity contribution in [3.05, 3.63) is 11.6 Å². The third kappa shape index (κ3) is 2.74. The van der Waals surface area contributed by atoms with Gasteiger partial charge >= 0.3 is 0 Å². The number of nitrogens with one attached hydrogen (secondary N) is 1. The van der Waals surface area contributed by atoms with Crippen molar-refractivity contribution in [2.24, 2.45) is 5.92 Å². The number of piperidine rings is 1. The average molecular weight is 326 g/mol. The van der Waals surface area contributed by atoms with E-state index in [0.717, 1.165) is 44.1 Å². The quantitative estimate of drug-likeness (QED) is 0.894. The van der Waals surface area contributed by atoms with Gasteiger partial charge in [-0.25, -0.2) is 0 Å². The van der Waals surface area contributed by atoms with Crippen molar-refractivity contribution in [3.8, 4) is 0 Å². The second-order valence-electron chi connectivity index (χ2n) is 6.73. The van der Waals surface area contributed by atoms with Gasteiger partial charge in [0.1, 0.15) is 5.82 Å². The number of hydrogen-bond acceptors (Lipinski definition) is 4. The van der Waals surface area contributed by atoms with Crippen molar-refractivity contribution >= 4 is 18.3 Å². The van der Waals surface area contributed by atoms with Gasteiger partial charge in [-0.1, -0.05) is 0 Å². The molecule has 1 saturated heterocycles. The molecule has 1 aromatic rings. The van der Waals surface area contributed by atoms with Gasteiger partial charge in [-0.3, -0.25) is 4.79 Å². The van der Waals surface area contributed by atoms with E-state index >= 15 is 0 Å². The summed E-state index contributed by atoms with van der Waals surface area (Å²) in [6.07, 6.45) is 4.58. The van der Waals surface area contributed by atoms with Crippen LogP contribution in [0.2, 0.25) is 0 Å². The van der Waals surface area contributed by atoms with E-state index in [-0.39, 0.29) is 24.2 Å². The van der Waals surface area contributed by atoms with Crippen LogP contribution >= 0.6 is 12.4 Å². The highest BCUT2D eigenvalue weighted by atomic mass is 35.5. The van der Waals surface area contributed by atoms with Crippen molar-refractivity contribution in [1.82, 2.24) is 25.0 Å². The number of carbonyl (C=O) groups excluding carboxylic acids is 1. The van der Waals surface area contributed by atoms with Gasteiger partial charge in [0.25, 0.3) is 0 Å². The lowest BCUT2D eigenvalue weighted by Crippen LogP contribution is -2.47. The maximum absolute atomic E-state index is 12.7. The van der Waals surface area contributed by atoms with Crippen LogP contribution in [0.1, 0.15) is 56.2 Å². The van der Waals surface area contributed by atoms with Crippen LogP contribution in [0.15, 0.2) is 0 Å². The zero-order chi connectivity index (χ0) is 14.4. The van der Waals surface area contributed by atoms with Crippen molar-refractivity contribution in [1.29, 1.82) is 0 Å². The van der Waals surface area contributed by atoms with E-state index in [1.165, 1.54) is 12.8 Å². The molecule has 0 aromatic carbocycles. The molecule has 0 bridgehead atoms. The third-order valence-corrected chi connectivity index (χ3v) is 4.95. The molecule has 22 heavy (non-hydrogen) atoms. The second kappa shape index (κ2) is 6.16. The van der Waals surface area contributed by atoms with Gasteiger partial charge in [0.2, 0.25) is 5.91 Å². The Morgan fingerprint density at radius 2 is 2.09 bits per heavy atom. The Hall–Kier alpha value is -1.14. The molecule has 1 N–H and O–H groups in total. The summed E-state index contributed by atoms with van der Waals surface area (Å²) in [4.78, 5) is 14.7. The molecule has 0 spiro atoms. The first kappa shape index (κ1) is 15.7. The molecule has 0 radical (unpaired) electrons. The minimum absolute atomic E-state index is 0. The highest BCUT2D eigenvalue weighted by Crippen LogP contribution is 2.41. The van der Waals surface area contributed by atoms with E-state index in [1.807, 2.05) is 4.90 Å². The molecular formula is C15H24ClN5O. The number of hydrogen-bond donors (Lipinski definition) is 1. The van der Waals surface area contributed by atoms with E-state index in [4.69, 9.17) is 0 Å². The lowest BCUT2D eigenvalue weighted by molar-refractivity contribution is -0.138. The molecule has 1 amide bonds. The minimum Gasteiger partial charge on any atom is -0.333 e. The molecule has 2 fully saturated rings. The Bertz CT molecular complexity index is 550. The number of amides is 1. The predicted octanol–water partition coefficient (Wildman–Crippen LogP) is 1.48. The number of nitrogens with zero attached hydrogens (tertiary/aromatic N) is 4. The van der Waals surface area contributed by atoms with Gasteiger partial charge in [0, 0.05) is 19.0 Å². The highest BCUT2D eigenvalue weighted by molar-refractivity contribution is 5.85. The van der Waals surface area contributed by atoms with Gasteiger partial charge < -0.3 is 14.8 Å². The lowest BCUT2D eigenvalue weighted by atomic mass is 9.97. The van der Waals surface area contributed by atoms with Gasteiger partial charge in [0.15, 0.2) is 5.82 Å². The van der Waals surface area contributed by atoms with Crippen LogP contribution in [-0.4, -0.2) is 45.2 Å². The normalized spacial score (nSPS) is 28.0. The third-order valence-electron chi connectivity index (χ3n) is 4.95. The minimum atomic E-state index is 0.